The fourth-order valence-electron chi connectivity index (χ4n) is 2.55. The molecule has 1 aromatic rings. The average Bonchev–Trinajstić information content (AvgIpc) is 2.40. The molecule has 1 aliphatic rings. The summed E-state index contributed by atoms with van der Waals surface area (Å²) in [6, 6.07) is 5.43. The molecule has 0 aromatic carbocycles. The quantitative estimate of drug-likeness (QED) is 0.866. The van der Waals surface area contributed by atoms with Gasteiger partial charge in [-0.15, -0.1) is 0 Å². The van der Waals surface area contributed by atoms with Crippen LogP contribution in [0.25, 0.3) is 0 Å². The first-order valence-electron chi connectivity index (χ1n) is 7.12. The van der Waals surface area contributed by atoms with Gasteiger partial charge in [-0.2, -0.15) is 0 Å². The predicted molar refractivity (Wildman–Crippen MR) is 75.4 cm³/mol. The third-order valence-electron chi connectivity index (χ3n) is 3.71. The lowest BCUT2D eigenvalue weighted by Gasteiger charge is -2.33. The predicted octanol–water partition coefficient (Wildman–Crippen LogP) is 2.43. The summed E-state index contributed by atoms with van der Waals surface area (Å²) in [6.45, 7) is 7.89. The molecule has 0 radical (unpaired) electrons. The van der Waals surface area contributed by atoms with Crippen molar-refractivity contribution in [2.75, 3.05) is 13.1 Å². The number of piperidine rings is 1. The maximum absolute atomic E-state index is 4.20. The van der Waals surface area contributed by atoms with Gasteiger partial charge in [-0.25, -0.2) is 0 Å². The van der Waals surface area contributed by atoms with E-state index in [1.54, 1.807) is 0 Å². The van der Waals surface area contributed by atoms with E-state index in [4.69, 9.17) is 0 Å². The molecule has 0 amide bonds. The van der Waals surface area contributed by atoms with Crippen LogP contribution in [0.4, 0.5) is 0 Å². The van der Waals surface area contributed by atoms with E-state index < -0.39 is 0 Å². The van der Waals surface area contributed by atoms with E-state index in [0.29, 0.717) is 12.1 Å². The van der Waals surface area contributed by atoms with Crippen LogP contribution in [0, 0.1) is 0 Å². The van der Waals surface area contributed by atoms with Crippen LogP contribution in [0.2, 0.25) is 0 Å². The van der Waals surface area contributed by atoms with Crippen molar-refractivity contribution in [1.82, 2.24) is 15.2 Å². The highest BCUT2D eigenvalue weighted by Gasteiger charge is 2.18. The molecule has 2 rings (SSSR count). The number of hydrogen-bond donors (Lipinski definition) is 1. The van der Waals surface area contributed by atoms with Gasteiger partial charge in [0.1, 0.15) is 0 Å². The third-order valence-corrected chi connectivity index (χ3v) is 3.71. The lowest BCUT2D eigenvalue weighted by atomic mass is 10.0. The average molecular weight is 247 g/mol. The van der Waals surface area contributed by atoms with Gasteiger partial charge in [0, 0.05) is 37.6 Å². The highest BCUT2D eigenvalue weighted by molar-refractivity contribution is 5.08. The topological polar surface area (TPSA) is 28.2 Å². The minimum atomic E-state index is 0.578. The Kier molecular flexibility index (Phi) is 5.14. The van der Waals surface area contributed by atoms with Crippen LogP contribution in [0.1, 0.15) is 38.7 Å². The Labute approximate surface area is 111 Å². The van der Waals surface area contributed by atoms with Gasteiger partial charge in [-0.1, -0.05) is 12.5 Å². The first kappa shape index (κ1) is 13.5. The van der Waals surface area contributed by atoms with E-state index in [2.05, 4.69) is 35.1 Å². The summed E-state index contributed by atoms with van der Waals surface area (Å²) in [5.74, 6) is 0. The molecule has 1 aliphatic heterocycles. The Balaban J connectivity index is 1.91. The number of hydrogen-bond acceptors (Lipinski definition) is 3. The minimum Gasteiger partial charge on any atom is -0.313 e. The van der Waals surface area contributed by atoms with Gasteiger partial charge in [0.15, 0.2) is 0 Å². The van der Waals surface area contributed by atoms with Gasteiger partial charge in [0.25, 0.3) is 0 Å². The zero-order chi connectivity index (χ0) is 12.8. The minimum absolute atomic E-state index is 0.578. The zero-order valence-corrected chi connectivity index (χ0v) is 11.6. The summed E-state index contributed by atoms with van der Waals surface area (Å²) in [4.78, 5) is 6.74. The number of aromatic nitrogens is 1. The van der Waals surface area contributed by atoms with Gasteiger partial charge < -0.3 is 5.32 Å². The smallest absolute Gasteiger partial charge is 0.0312 e. The van der Waals surface area contributed by atoms with Crippen molar-refractivity contribution in [1.29, 1.82) is 0 Å². The van der Waals surface area contributed by atoms with Crippen LogP contribution in [0.5, 0.6) is 0 Å². The maximum atomic E-state index is 4.20. The van der Waals surface area contributed by atoms with E-state index >= 15 is 0 Å². The van der Waals surface area contributed by atoms with Crippen molar-refractivity contribution in [3.8, 4) is 0 Å². The third kappa shape index (κ3) is 4.07. The van der Waals surface area contributed by atoms with E-state index in [-0.39, 0.29) is 0 Å². The molecule has 0 aliphatic carbocycles. The molecule has 1 atom stereocenters. The molecular formula is C15H25N3. The lowest BCUT2D eigenvalue weighted by Crippen LogP contribution is -2.45. The Morgan fingerprint density at radius 3 is 2.94 bits per heavy atom. The normalized spacial score (nSPS) is 20.6. The molecule has 1 N–H and O–H groups in total. The largest absolute Gasteiger partial charge is 0.313 e. The molecule has 0 bridgehead atoms. The van der Waals surface area contributed by atoms with Crippen molar-refractivity contribution in [3.05, 3.63) is 30.1 Å². The second-order valence-corrected chi connectivity index (χ2v) is 5.53. The summed E-state index contributed by atoms with van der Waals surface area (Å²) in [5, 5.41) is 3.63. The van der Waals surface area contributed by atoms with E-state index in [0.717, 1.165) is 13.1 Å². The monoisotopic (exact) mass is 247 g/mol. The van der Waals surface area contributed by atoms with E-state index in [9.17, 15) is 0 Å². The number of nitrogens with zero attached hydrogens (tertiary/aromatic N) is 2. The van der Waals surface area contributed by atoms with Gasteiger partial charge in [0.2, 0.25) is 0 Å². The Bertz CT molecular complexity index is 331. The zero-order valence-electron chi connectivity index (χ0n) is 11.6. The molecule has 18 heavy (non-hydrogen) atoms. The molecule has 3 nitrogen and oxygen atoms in total. The van der Waals surface area contributed by atoms with Crippen molar-refractivity contribution >= 4 is 0 Å². The second kappa shape index (κ2) is 6.86. The summed E-state index contributed by atoms with van der Waals surface area (Å²) < 4.78 is 0. The fraction of sp³-hybridized carbons (Fsp3) is 0.667. The molecular weight excluding hydrogens is 222 g/mol. The molecule has 1 fully saturated rings. The number of pyridine rings is 1. The van der Waals surface area contributed by atoms with Gasteiger partial charge >= 0.3 is 0 Å². The van der Waals surface area contributed by atoms with Crippen molar-refractivity contribution in [2.24, 2.45) is 0 Å². The molecule has 100 valence electrons. The van der Waals surface area contributed by atoms with Crippen LogP contribution in [0.3, 0.4) is 0 Å². The van der Waals surface area contributed by atoms with Crippen LogP contribution >= 0.6 is 0 Å². The Morgan fingerprint density at radius 1 is 1.44 bits per heavy atom. The summed E-state index contributed by atoms with van der Waals surface area (Å²) >= 11 is 0. The molecule has 1 aromatic heterocycles. The number of nitrogens with one attached hydrogen (secondary N) is 1. The molecule has 3 heteroatoms. The van der Waals surface area contributed by atoms with Crippen molar-refractivity contribution in [2.45, 2.75) is 51.7 Å². The van der Waals surface area contributed by atoms with Crippen LogP contribution < -0.4 is 5.32 Å². The molecule has 1 unspecified atom stereocenters. The SMILES string of the molecule is CC(C)N(Cc1cccnc1)CC1CCCCN1. The van der Waals surface area contributed by atoms with Crippen LogP contribution in [-0.4, -0.2) is 35.1 Å². The fourth-order valence-corrected chi connectivity index (χ4v) is 2.55. The van der Waals surface area contributed by atoms with E-state index in [1.165, 1.54) is 31.4 Å². The molecule has 0 saturated carbocycles. The first-order valence-corrected chi connectivity index (χ1v) is 7.12. The maximum Gasteiger partial charge on any atom is 0.0312 e. The van der Waals surface area contributed by atoms with Crippen molar-refractivity contribution in [3.63, 3.8) is 0 Å². The van der Waals surface area contributed by atoms with Gasteiger partial charge in [-0.05, 0) is 44.9 Å². The first-order chi connectivity index (χ1) is 8.75. The molecule has 2 heterocycles. The van der Waals surface area contributed by atoms with Gasteiger partial charge in [-0.3, -0.25) is 9.88 Å². The standard InChI is InChI=1S/C15H25N3/c1-13(2)18(11-14-6-5-8-16-10-14)12-15-7-3-4-9-17-15/h5-6,8,10,13,15,17H,3-4,7,9,11-12H2,1-2H3. The number of rotatable bonds is 5. The van der Waals surface area contributed by atoms with Crippen LogP contribution in [0.15, 0.2) is 24.5 Å². The Morgan fingerprint density at radius 2 is 2.33 bits per heavy atom. The van der Waals surface area contributed by atoms with Gasteiger partial charge in [0.05, 0.1) is 0 Å². The summed E-state index contributed by atoms with van der Waals surface area (Å²) in [7, 11) is 0. The summed E-state index contributed by atoms with van der Waals surface area (Å²) in [6.07, 6.45) is 7.84. The van der Waals surface area contributed by atoms with Crippen molar-refractivity contribution < 1.29 is 0 Å². The highest BCUT2D eigenvalue weighted by atomic mass is 15.2. The summed E-state index contributed by atoms with van der Waals surface area (Å²) in [5.41, 5.74) is 1.31. The van der Waals surface area contributed by atoms with Crippen LogP contribution in [-0.2, 0) is 6.54 Å². The second-order valence-electron chi connectivity index (χ2n) is 5.53. The highest BCUT2D eigenvalue weighted by Crippen LogP contribution is 2.13. The molecule has 0 spiro atoms. The molecule has 1 saturated heterocycles. The lowest BCUT2D eigenvalue weighted by molar-refractivity contribution is 0.177. The van der Waals surface area contributed by atoms with E-state index in [1.807, 2.05) is 18.5 Å². The Hall–Kier alpha value is -0.930.